The number of fused-ring (bicyclic) bond motifs is 2. The van der Waals surface area contributed by atoms with E-state index in [1.165, 1.54) is 0 Å². The summed E-state index contributed by atoms with van der Waals surface area (Å²) in [6.07, 6.45) is -0.403. The van der Waals surface area contributed by atoms with Crippen LogP contribution in [-0.2, 0) is 4.74 Å². The highest BCUT2D eigenvalue weighted by atomic mass is 35.5. The Balaban J connectivity index is 2.16. The van der Waals surface area contributed by atoms with Gasteiger partial charge in [0.25, 0.3) is 0 Å². The number of halogens is 1. The summed E-state index contributed by atoms with van der Waals surface area (Å²) in [4.78, 5) is 8.44. The molecule has 3 rings (SSSR count). The molecule has 94 valence electrons. The van der Waals surface area contributed by atoms with Gasteiger partial charge < -0.3 is 14.2 Å². The highest BCUT2D eigenvalue weighted by Crippen LogP contribution is 2.37. The molecule has 0 aliphatic carbocycles. The molecule has 0 spiro atoms. The minimum Gasteiger partial charge on any atom is -0.483 e. The molecule has 0 saturated heterocycles. The van der Waals surface area contributed by atoms with Crippen molar-refractivity contribution in [3.05, 3.63) is 23.1 Å². The predicted molar refractivity (Wildman–Crippen MR) is 66.2 cm³/mol. The van der Waals surface area contributed by atoms with Gasteiger partial charge in [0.05, 0.1) is 5.52 Å². The van der Waals surface area contributed by atoms with Crippen LogP contribution in [0.2, 0.25) is 5.15 Å². The number of rotatable bonds is 1. The van der Waals surface area contributed by atoms with Gasteiger partial charge in [-0.3, -0.25) is 0 Å². The molecule has 0 radical (unpaired) electrons. The van der Waals surface area contributed by atoms with Gasteiger partial charge in [0.1, 0.15) is 11.0 Å². The molecule has 1 aromatic carbocycles. The fourth-order valence-corrected chi connectivity index (χ4v) is 2.14. The van der Waals surface area contributed by atoms with E-state index in [2.05, 4.69) is 9.97 Å². The maximum atomic E-state index is 6.10. The molecule has 1 aromatic heterocycles. The molecular weight excluding hydrogens is 256 g/mol. The van der Waals surface area contributed by atoms with Crippen LogP contribution in [0, 0.1) is 6.92 Å². The number of ether oxygens (including phenoxy) is 3. The van der Waals surface area contributed by atoms with E-state index < -0.39 is 6.29 Å². The third kappa shape index (κ3) is 1.85. The number of methoxy groups -OCH3 is 1. The zero-order valence-corrected chi connectivity index (χ0v) is 10.7. The number of aromatic nitrogens is 2. The topological polar surface area (TPSA) is 53.5 Å². The van der Waals surface area contributed by atoms with Gasteiger partial charge >= 0.3 is 0 Å². The fraction of sp³-hybridized carbons (Fsp3) is 0.333. The molecule has 6 heteroatoms. The van der Waals surface area contributed by atoms with E-state index in [9.17, 15) is 0 Å². The van der Waals surface area contributed by atoms with Crippen LogP contribution in [0.3, 0.4) is 0 Å². The van der Waals surface area contributed by atoms with Gasteiger partial charge in [0, 0.05) is 18.6 Å². The molecule has 1 atom stereocenters. The van der Waals surface area contributed by atoms with Gasteiger partial charge in [0.15, 0.2) is 18.1 Å². The van der Waals surface area contributed by atoms with Crippen LogP contribution in [0.15, 0.2) is 12.1 Å². The summed E-state index contributed by atoms with van der Waals surface area (Å²) < 4.78 is 16.3. The zero-order chi connectivity index (χ0) is 12.7. The molecule has 0 N–H and O–H groups in total. The second-order valence-corrected chi connectivity index (χ2v) is 4.33. The monoisotopic (exact) mass is 266 g/mol. The standard InChI is InChI=1S/C12H11ClN2O3/c1-6-14-8-4-9-10(3-7(8)12(13)15-6)18-11(16-2)5-17-9/h3-4,11H,5H2,1-2H3. The average Bonchev–Trinajstić information content (AvgIpc) is 2.36. The second kappa shape index (κ2) is 4.26. The van der Waals surface area contributed by atoms with Crippen molar-refractivity contribution in [1.82, 2.24) is 9.97 Å². The summed E-state index contributed by atoms with van der Waals surface area (Å²) in [6.45, 7) is 2.15. The van der Waals surface area contributed by atoms with Crippen molar-refractivity contribution < 1.29 is 14.2 Å². The van der Waals surface area contributed by atoms with Crippen LogP contribution in [0.1, 0.15) is 5.82 Å². The molecule has 2 heterocycles. The average molecular weight is 267 g/mol. The van der Waals surface area contributed by atoms with Crippen LogP contribution in [0.25, 0.3) is 10.9 Å². The second-order valence-electron chi connectivity index (χ2n) is 3.97. The number of hydrogen-bond donors (Lipinski definition) is 0. The molecule has 5 nitrogen and oxygen atoms in total. The number of aryl methyl sites for hydroxylation is 1. The highest BCUT2D eigenvalue weighted by molar-refractivity contribution is 6.34. The van der Waals surface area contributed by atoms with Gasteiger partial charge in [-0.1, -0.05) is 11.6 Å². The first-order chi connectivity index (χ1) is 8.67. The Morgan fingerprint density at radius 3 is 2.94 bits per heavy atom. The fourth-order valence-electron chi connectivity index (χ4n) is 1.86. The molecule has 0 amide bonds. The van der Waals surface area contributed by atoms with Crippen LogP contribution in [0.4, 0.5) is 0 Å². The summed E-state index contributed by atoms with van der Waals surface area (Å²) in [5.41, 5.74) is 0.741. The minimum absolute atomic E-state index is 0.354. The molecule has 0 saturated carbocycles. The van der Waals surface area contributed by atoms with Gasteiger partial charge in [-0.05, 0) is 13.0 Å². The molecule has 0 bridgehead atoms. The molecule has 2 aromatic rings. The van der Waals surface area contributed by atoms with Gasteiger partial charge in [-0.25, -0.2) is 9.97 Å². The van der Waals surface area contributed by atoms with Crippen molar-refractivity contribution in [2.75, 3.05) is 13.7 Å². The smallest absolute Gasteiger partial charge is 0.234 e. The zero-order valence-electron chi connectivity index (χ0n) is 9.94. The number of benzene rings is 1. The Hall–Kier alpha value is -1.59. The lowest BCUT2D eigenvalue weighted by atomic mass is 10.2. The largest absolute Gasteiger partial charge is 0.483 e. The maximum absolute atomic E-state index is 6.10. The van der Waals surface area contributed by atoms with Crippen LogP contribution >= 0.6 is 11.6 Å². The SMILES string of the molecule is COC1COc2cc3nc(C)nc(Cl)c3cc2O1. The lowest BCUT2D eigenvalue weighted by Gasteiger charge is -2.25. The molecular formula is C12H11ClN2O3. The van der Waals surface area contributed by atoms with Crippen molar-refractivity contribution in [2.45, 2.75) is 13.2 Å². The first-order valence-electron chi connectivity index (χ1n) is 5.47. The highest BCUT2D eigenvalue weighted by Gasteiger charge is 2.22. The van der Waals surface area contributed by atoms with E-state index in [4.69, 9.17) is 25.8 Å². The van der Waals surface area contributed by atoms with Crippen LogP contribution in [-0.4, -0.2) is 30.0 Å². The quantitative estimate of drug-likeness (QED) is 0.742. The molecule has 18 heavy (non-hydrogen) atoms. The predicted octanol–water partition coefficient (Wildman–Crippen LogP) is 2.34. The summed E-state index contributed by atoms with van der Waals surface area (Å²) in [6, 6.07) is 3.58. The van der Waals surface area contributed by atoms with Gasteiger partial charge in [-0.15, -0.1) is 0 Å². The van der Waals surface area contributed by atoms with Crippen LogP contribution < -0.4 is 9.47 Å². The van der Waals surface area contributed by atoms with E-state index in [1.54, 1.807) is 26.2 Å². The maximum Gasteiger partial charge on any atom is 0.234 e. The summed E-state index contributed by atoms with van der Waals surface area (Å²) in [5, 5.41) is 1.14. The first-order valence-corrected chi connectivity index (χ1v) is 5.85. The molecule has 1 aliphatic rings. The summed E-state index contributed by atoms with van der Waals surface area (Å²) in [7, 11) is 1.57. The van der Waals surface area contributed by atoms with Crippen molar-refractivity contribution in [3.8, 4) is 11.5 Å². The van der Waals surface area contributed by atoms with E-state index in [0.29, 0.717) is 29.1 Å². The lowest BCUT2D eigenvalue weighted by molar-refractivity contribution is -0.0941. The van der Waals surface area contributed by atoms with Crippen LogP contribution in [0.5, 0.6) is 11.5 Å². The minimum atomic E-state index is -0.403. The summed E-state index contributed by atoms with van der Waals surface area (Å²) in [5.74, 6) is 1.86. The third-order valence-electron chi connectivity index (χ3n) is 2.72. The Morgan fingerprint density at radius 2 is 2.17 bits per heavy atom. The number of hydrogen-bond acceptors (Lipinski definition) is 5. The summed E-state index contributed by atoms with van der Waals surface area (Å²) >= 11 is 6.10. The Morgan fingerprint density at radius 1 is 1.33 bits per heavy atom. The number of nitrogens with zero attached hydrogens (tertiary/aromatic N) is 2. The third-order valence-corrected chi connectivity index (χ3v) is 3.01. The van der Waals surface area contributed by atoms with E-state index in [1.807, 2.05) is 0 Å². The molecule has 0 fully saturated rings. The molecule has 1 aliphatic heterocycles. The Kier molecular flexibility index (Phi) is 2.72. The lowest BCUT2D eigenvalue weighted by Crippen LogP contribution is -2.30. The van der Waals surface area contributed by atoms with E-state index >= 15 is 0 Å². The Bertz CT molecular complexity index is 618. The Labute approximate surface area is 109 Å². The first kappa shape index (κ1) is 11.5. The van der Waals surface area contributed by atoms with Gasteiger partial charge in [0.2, 0.25) is 6.29 Å². The van der Waals surface area contributed by atoms with Crippen molar-refractivity contribution >= 4 is 22.5 Å². The van der Waals surface area contributed by atoms with E-state index in [-0.39, 0.29) is 0 Å². The molecule has 1 unspecified atom stereocenters. The van der Waals surface area contributed by atoms with Crippen molar-refractivity contribution in [3.63, 3.8) is 0 Å². The van der Waals surface area contributed by atoms with Crippen molar-refractivity contribution in [2.24, 2.45) is 0 Å². The van der Waals surface area contributed by atoms with Gasteiger partial charge in [-0.2, -0.15) is 0 Å². The van der Waals surface area contributed by atoms with E-state index in [0.717, 1.165) is 10.9 Å². The normalized spacial score (nSPS) is 18.1. The van der Waals surface area contributed by atoms with Crippen molar-refractivity contribution in [1.29, 1.82) is 0 Å².